The number of nitrogens with two attached hydrogens (primary N) is 1. The topological polar surface area (TPSA) is 55.5 Å². The molecule has 4 aromatic carbocycles. The maximum Gasteiger partial charge on any atom is 0.193 e. The van der Waals surface area contributed by atoms with E-state index in [-0.39, 0.29) is 5.78 Å². The Morgan fingerprint density at radius 1 is 0.552 bits per heavy atom. The molecule has 3 nitrogen and oxygen atoms in total. The van der Waals surface area contributed by atoms with Gasteiger partial charge < -0.3 is 5.73 Å². The fourth-order valence-electron chi connectivity index (χ4n) is 3.11. The third kappa shape index (κ3) is 4.30. The smallest absolute Gasteiger partial charge is 0.193 e. The average molecular weight is 376 g/mol. The van der Waals surface area contributed by atoms with Gasteiger partial charge in [-0.15, -0.1) is 0 Å². The molecule has 0 spiro atoms. The Kier molecular flexibility index (Phi) is 5.30. The summed E-state index contributed by atoms with van der Waals surface area (Å²) in [6.45, 7) is 0. The predicted octanol–water partition coefficient (Wildman–Crippen LogP) is 5.67. The highest BCUT2D eigenvalue weighted by Gasteiger charge is 2.10. The molecule has 0 aliphatic carbocycles. The largest absolute Gasteiger partial charge is 0.399 e. The van der Waals surface area contributed by atoms with Crippen molar-refractivity contribution < 1.29 is 4.79 Å². The Balaban J connectivity index is 1.67. The fourth-order valence-corrected chi connectivity index (χ4v) is 3.11. The SMILES string of the molecule is Nc1ccc(C(=O)c2ccc(N=C(c3ccccc3)c3ccccc3)cc2)cc1. The first-order valence-corrected chi connectivity index (χ1v) is 9.40. The van der Waals surface area contributed by atoms with Gasteiger partial charge in [-0.1, -0.05) is 60.7 Å². The lowest BCUT2D eigenvalue weighted by atomic mass is 10.0. The van der Waals surface area contributed by atoms with Crippen LogP contribution in [0.4, 0.5) is 11.4 Å². The zero-order valence-corrected chi connectivity index (χ0v) is 15.8. The first-order chi connectivity index (χ1) is 14.2. The minimum Gasteiger partial charge on any atom is -0.399 e. The number of rotatable bonds is 5. The highest BCUT2D eigenvalue weighted by atomic mass is 16.1. The lowest BCUT2D eigenvalue weighted by molar-refractivity contribution is 0.103. The molecule has 0 atom stereocenters. The van der Waals surface area contributed by atoms with Crippen molar-refractivity contribution in [2.24, 2.45) is 4.99 Å². The highest BCUT2D eigenvalue weighted by molar-refractivity contribution is 6.14. The third-order valence-electron chi connectivity index (χ3n) is 4.64. The average Bonchev–Trinajstić information content (AvgIpc) is 2.79. The van der Waals surface area contributed by atoms with Gasteiger partial charge in [0, 0.05) is 27.9 Å². The number of anilines is 1. The van der Waals surface area contributed by atoms with Gasteiger partial charge >= 0.3 is 0 Å². The normalized spacial score (nSPS) is 10.3. The maximum absolute atomic E-state index is 12.7. The maximum atomic E-state index is 12.7. The molecule has 0 aromatic heterocycles. The van der Waals surface area contributed by atoms with Crippen LogP contribution in [-0.2, 0) is 0 Å². The van der Waals surface area contributed by atoms with E-state index in [1.807, 2.05) is 84.9 Å². The minimum atomic E-state index is -0.0353. The van der Waals surface area contributed by atoms with Gasteiger partial charge in [0.2, 0.25) is 0 Å². The Labute approximate surface area is 170 Å². The van der Waals surface area contributed by atoms with E-state index in [0.717, 1.165) is 22.5 Å². The minimum absolute atomic E-state index is 0.0353. The van der Waals surface area contributed by atoms with Gasteiger partial charge in [0.1, 0.15) is 0 Å². The van der Waals surface area contributed by atoms with Crippen LogP contribution < -0.4 is 5.73 Å². The van der Waals surface area contributed by atoms with E-state index in [0.29, 0.717) is 16.8 Å². The number of carbonyl (C=O) groups excluding carboxylic acids is 1. The summed E-state index contributed by atoms with van der Waals surface area (Å²) in [5.74, 6) is -0.0353. The highest BCUT2D eigenvalue weighted by Crippen LogP contribution is 2.20. The molecule has 4 aromatic rings. The molecular weight excluding hydrogens is 356 g/mol. The molecular formula is C26H20N2O. The predicted molar refractivity (Wildman–Crippen MR) is 119 cm³/mol. The van der Waals surface area contributed by atoms with Crippen LogP contribution in [0.1, 0.15) is 27.0 Å². The van der Waals surface area contributed by atoms with Gasteiger partial charge in [-0.05, 0) is 48.5 Å². The lowest BCUT2D eigenvalue weighted by Gasteiger charge is -2.08. The molecule has 0 aliphatic rings. The second-order valence-electron chi connectivity index (χ2n) is 6.69. The van der Waals surface area contributed by atoms with Crippen molar-refractivity contribution in [1.29, 1.82) is 0 Å². The van der Waals surface area contributed by atoms with Crippen LogP contribution in [0.2, 0.25) is 0 Å². The molecule has 0 radical (unpaired) electrons. The summed E-state index contributed by atoms with van der Waals surface area (Å²) in [5.41, 5.74) is 11.3. The lowest BCUT2D eigenvalue weighted by Crippen LogP contribution is -2.03. The number of hydrogen-bond donors (Lipinski definition) is 1. The van der Waals surface area contributed by atoms with Crippen LogP contribution in [-0.4, -0.2) is 11.5 Å². The van der Waals surface area contributed by atoms with Crippen molar-refractivity contribution in [1.82, 2.24) is 0 Å². The van der Waals surface area contributed by atoms with Crippen LogP contribution >= 0.6 is 0 Å². The number of hydrogen-bond acceptors (Lipinski definition) is 3. The van der Waals surface area contributed by atoms with Crippen molar-refractivity contribution in [3.8, 4) is 0 Å². The van der Waals surface area contributed by atoms with E-state index < -0.39 is 0 Å². The van der Waals surface area contributed by atoms with Crippen molar-refractivity contribution in [3.05, 3.63) is 131 Å². The number of nitrogens with zero attached hydrogens (tertiary/aromatic N) is 1. The van der Waals surface area contributed by atoms with Crippen LogP contribution in [0.5, 0.6) is 0 Å². The second kappa shape index (κ2) is 8.36. The van der Waals surface area contributed by atoms with Gasteiger partial charge in [-0.25, -0.2) is 4.99 Å². The second-order valence-corrected chi connectivity index (χ2v) is 6.69. The standard InChI is InChI=1S/C26H20N2O/c27-23-15-11-21(12-16-23)26(29)22-13-17-24(18-14-22)28-25(19-7-3-1-4-8-19)20-9-5-2-6-10-20/h1-18H,27H2. The van der Waals surface area contributed by atoms with Gasteiger partial charge in [0.25, 0.3) is 0 Å². The molecule has 2 N–H and O–H groups in total. The van der Waals surface area contributed by atoms with Crippen molar-refractivity contribution in [2.45, 2.75) is 0 Å². The van der Waals surface area contributed by atoms with Crippen LogP contribution in [0.3, 0.4) is 0 Å². The van der Waals surface area contributed by atoms with Crippen molar-refractivity contribution in [2.75, 3.05) is 5.73 Å². The van der Waals surface area contributed by atoms with E-state index in [4.69, 9.17) is 10.7 Å². The molecule has 0 fully saturated rings. The molecule has 0 bridgehead atoms. The first kappa shape index (κ1) is 18.4. The monoisotopic (exact) mass is 376 g/mol. The van der Waals surface area contributed by atoms with Gasteiger partial charge in [0.15, 0.2) is 5.78 Å². The summed E-state index contributed by atoms with van der Waals surface area (Å²) < 4.78 is 0. The first-order valence-electron chi connectivity index (χ1n) is 9.40. The molecule has 0 saturated carbocycles. The van der Waals surface area contributed by atoms with E-state index in [9.17, 15) is 4.79 Å². The molecule has 3 heteroatoms. The Hall–Kier alpha value is -3.98. The molecule has 0 saturated heterocycles. The van der Waals surface area contributed by atoms with E-state index in [1.165, 1.54) is 0 Å². The third-order valence-corrected chi connectivity index (χ3v) is 4.64. The number of nitrogen functional groups attached to an aromatic ring is 1. The molecule has 0 aliphatic heterocycles. The van der Waals surface area contributed by atoms with Gasteiger partial charge in [-0.3, -0.25) is 4.79 Å². The zero-order valence-electron chi connectivity index (χ0n) is 15.8. The van der Waals surface area contributed by atoms with Crippen LogP contribution in [0.15, 0.2) is 114 Å². The van der Waals surface area contributed by atoms with Gasteiger partial charge in [0.05, 0.1) is 11.4 Å². The Morgan fingerprint density at radius 2 is 1.00 bits per heavy atom. The molecule has 0 amide bonds. The van der Waals surface area contributed by atoms with Crippen molar-refractivity contribution in [3.63, 3.8) is 0 Å². The summed E-state index contributed by atoms with van der Waals surface area (Å²) in [7, 11) is 0. The molecule has 0 unspecified atom stereocenters. The Morgan fingerprint density at radius 3 is 1.48 bits per heavy atom. The molecule has 140 valence electrons. The summed E-state index contributed by atoms with van der Waals surface area (Å²) in [6, 6.07) is 34.5. The fraction of sp³-hybridized carbons (Fsp3) is 0. The molecule has 4 rings (SSSR count). The summed E-state index contributed by atoms with van der Waals surface area (Å²) in [5, 5.41) is 0. The molecule has 0 heterocycles. The van der Waals surface area contributed by atoms with Crippen LogP contribution in [0.25, 0.3) is 0 Å². The van der Waals surface area contributed by atoms with Crippen LogP contribution in [0, 0.1) is 0 Å². The summed E-state index contributed by atoms with van der Waals surface area (Å²) >= 11 is 0. The summed E-state index contributed by atoms with van der Waals surface area (Å²) in [6.07, 6.45) is 0. The van der Waals surface area contributed by atoms with E-state index in [1.54, 1.807) is 24.3 Å². The molecule has 29 heavy (non-hydrogen) atoms. The van der Waals surface area contributed by atoms with Gasteiger partial charge in [-0.2, -0.15) is 0 Å². The summed E-state index contributed by atoms with van der Waals surface area (Å²) in [4.78, 5) is 17.5. The number of benzene rings is 4. The van der Waals surface area contributed by atoms with E-state index >= 15 is 0 Å². The van der Waals surface area contributed by atoms with Crippen molar-refractivity contribution >= 4 is 22.9 Å². The quantitative estimate of drug-likeness (QED) is 0.277. The number of carbonyl (C=O) groups is 1. The number of aliphatic imine (C=N–C) groups is 1. The number of ketones is 1. The Bertz CT molecular complexity index is 1090. The van der Waals surface area contributed by atoms with E-state index in [2.05, 4.69) is 0 Å². The zero-order chi connectivity index (χ0) is 20.1.